The zero-order valence-corrected chi connectivity index (χ0v) is 14.4. The molecule has 0 spiro atoms. The molecule has 0 unspecified atom stereocenters. The van der Waals surface area contributed by atoms with Crippen LogP contribution in [0.5, 0.6) is 0 Å². The van der Waals surface area contributed by atoms with Gasteiger partial charge in [-0.05, 0) is 41.9 Å². The van der Waals surface area contributed by atoms with Gasteiger partial charge in [0.1, 0.15) is 0 Å². The molecule has 0 amide bonds. The van der Waals surface area contributed by atoms with Gasteiger partial charge in [-0.25, -0.2) is 0 Å². The lowest BCUT2D eigenvalue weighted by atomic mass is 9.74. The first-order chi connectivity index (χ1) is 9.81. The SMILES string of the molecule is CCC(=O)c1cc(C(C)C)cc2c1N(CC)CCC2(C)C. The van der Waals surface area contributed by atoms with E-state index in [2.05, 4.69) is 51.7 Å². The minimum Gasteiger partial charge on any atom is -0.371 e. The topological polar surface area (TPSA) is 20.3 Å². The molecule has 1 aromatic rings. The van der Waals surface area contributed by atoms with Crippen molar-refractivity contribution in [2.24, 2.45) is 0 Å². The second kappa shape index (κ2) is 5.82. The molecule has 0 atom stereocenters. The predicted molar refractivity (Wildman–Crippen MR) is 90.7 cm³/mol. The average molecular weight is 287 g/mol. The molecule has 116 valence electrons. The van der Waals surface area contributed by atoms with E-state index >= 15 is 0 Å². The van der Waals surface area contributed by atoms with Gasteiger partial charge >= 0.3 is 0 Å². The zero-order valence-electron chi connectivity index (χ0n) is 14.4. The molecule has 0 saturated heterocycles. The summed E-state index contributed by atoms with van der Waals surface area (Å²) >= 11 is 0. The van der Waals surface area contributed by atoms with Crippen LogP contribution in [0.2, 0.25) is 0 Å². The Bertz CT molecular complexity index is 543. The van der Waals surface area contributed by atoms with Gasteiger partial charge in [0, 0.05) is 25.1 Å². The van der Waals surface area contributed by atoms with Crippen molar-refractivity contribution < 1.29 is 4.79 Å². The van der Waals surface area contributed by atoms with Crippen LogP contribution in [0.3, 0.4) is 0 Å². The Morgan fingerprint density at radius 3 is 2.48 bits per heavy atom. The average Bonchev–Trinajstić information content (AvgIpc) is 2.45. The van der Waals surface area contributed by atoms with Gasteiger partial charge in [-0.3, -0.25) is 4.79 Å². The van der Waals surface area contributed by atoms with Crippen molar-refractivity contribution in [3.8, 4) is 0 Å². The van der Waals surface area contributed by atoms with Crippen LogP contribution in [0.1, 0.15) is 81.8 Å². The van der Waals surface area contributed by atoms with Crippen molar-refractivity contribution in [3.05, 3.63) is 28.8 Å². The molecule has 1 aliphatic rings. The largest absolute Gasteiger partial charge is 0.371 e. The Labute approximate surface area is 129 Å². The van der Waals surface area contributed by atoms with Crippen molar-refractivity contribution in [1.82, 2.24) is 0 Å². The van der Waals surface area contributed by atoms with Crippen molar-refractivity contribution >= 4 is 11.5 Å². The molecule has 2 rings (SSSR count). The summed E-state index contributed by atoms with van der Waals surface area (Å²) in [6.45, 7) is 15.2. The van der Waals surface area contributed by atoms with E-state index in [4.69, 9.17) is 0 Å². The minimum atomic E-state index is 0.147. The standard InChI is InChI=1S/C19H29NO/c1-7-17(21)15-11-14(13(3)4)12-16-18(15)20(8-2)10-9-19(16,5)6/h11-13H,7-10H2,1-6H3. The molecule has 21 heavy (non-hydrogen) atoms. The van der Waals surface area contributed by atoms with Gasteiger partial charge < -0.3 is 4.90 Å². The highest BCUT2D eigenvalue weighted by molar-refractivity contribution is 6.02. The number of Topliss-reactive ketones (excluding diaryl/α,β-unsaturated/α-hetero) is 1. The van der Waals surface area contributed by atoms with Crippen molar-refractivity contribution in [2.75, 3.05) is 18.0 Å². The fourth-order valence-corrected chi connectivity index (χ4v) is 3.23. The first-order valence-corrected chi connectivity index (χ1v) is 8.28. The van der Waals surface area contributed by atoms with Gasteiger partial charge in [0.15, 0.2) is 5.78 Å². The van der Waals surface area contributed by atoms with Crippen LogP contribution in [0.4, 0.5) is 5.69 Å². The van der Waals surface area contributed by atoms with E-state index in [0.29, 0.717) is 12.3 Å². The number of carbonyl (C=O) groups excluding carboxylic acids is 1. The molecule has 0 aromatic heterocycles. The highest BCUT2D eigenvalue weighted by atomic mass is 16.1. The van der Waals surface area contributed by atoms with E-state index in [1.807, 2.05) is 6.92 Å². The molecular formula is C19H29NO. The quantitative estimate of drug-likeness (QED) is 0.733. The summed E-state index contributed by atoms with van der Waals surface area (Å²) in [4.78, 5) is 14.9. The maximum Gasteiger partial charge on any atom is 0.164 e. The fraction of sp³-hybridized carbons (Fsp3) is 0.632. The van der Waals surface area contributed by atoms with Crippen LogP contribution < -0.4 is 4.90 Å². The number of fused-ring (bicyclic) bond motifs is 1. The van der Waals surface area contributed by atoms with Crippen LogP contribution in [-0.2, 0) is 5.41 Å². The van der Waals surface area contributed by atoms with Gasteiger partial charge in [-0.1, -0.05) is 40.7 Å². The number of ketones is 1. The molecule has 2 heteroatoms. The first-order valence-electron chi connectivity index (χ1n) is 8.28. The van der Waals surface area contributed by atoms with E-state index < -0.39 is 0 Å². The normalized spacial score (nSPS) is 17.0. The van der Waals surface area contributed by atoms with Gasteiger partial charge in [-0.15, -0.1) is 0 Å². The molecule has 0 bridgehead atoms. The Morgan fingerprint density at radius 1 is 1.29 bits per heavy atom. The molecule has 0 N–H and O–H groups in total. The molecule has 2 nitrogen and oxygen atoms in total. The predicted octanol–water partition coefficient (Wildman–Crippen LogP) is 4.91. The number of nitrogens with zero attached hydrogens (tertiary/aromatic N) is 1. The number of anilines is 1. The van der Waals surface area contributed by atoms with Gasteiger partial charge in [0.05, 0.1) is 5.69 Å². The van der Waals surface area contributed by atoms with E-state index in [1.54, 1.807) is 0 Å². The van der Waals surface area contributed by atoms with Crippen molar-refractivity contribution in [2.45, 2.75) is 65.7 Å². The molecule has 0 radical (unpaired) electrons. The van der Waals surface area contributed by atoms with Gasteiger partial charge in [0.2, 0.25) is 0 Å². The van der Waals surface area contributed by atoms with E-state index in [0.717, 1.165) is 25.1 Å². The van der Waals surface area contributed by atoms with E-state index in [9.17, 15) is 4.79 Å². The third kappa shape index (κ3) is 2.86. The van der Waals surface area contributed by atoms with Crippen LogP contribution >= 0.6 is 0 Å². The fourth-order valence-electron chi connectivity index (χ4n) is 3.23. The molecular weight excluding hydrogens is 258 g/mol. The Balaban J connectivity index is 2.74. The van der Waals surface area contributed by atoms with Crippen LogP contribution in [0.25, 0.3) is 0 Å². The van der Waals surface area contributed by atoms with Gasteiger partial charge in [-0.2, -0.15) is 0 Å². The van der Waals surface area contributed by atoms with Crippen molar-refractivity contribution in [3.63, 3.8) is 0 Å². The van der Waals surface area contributed by atoms with Gasteiger partial charge in [0.25, 0.3) is 0 Å². The number of carbonyl (C=O) groups is 1. The summed E-state index contributed by atoms with van der Waals surface area (Å²) in [6.07, 6.45) is 1.72. The lowest BCUT2D eigenvalue weighted by Gasteiger charge is -2.41. The Hall–Kier alpha value is -1.31. The lowest BCUT2D eigenvalue weighted by molar-refractivity contribution is 0.0988. The molecule has 1 aliphatic heterocycles. The Kier molecular flexibility index (Phi) is 4.46. The summed E-state index contributed by atoms with van der Waals surface area (Å²) in [5.41, 5.74) is 4.93. The van der Waals surface area contributed by atoms with E-state index in [1.165, 1.54) is 16.8 Å². The highest BCUT2D eigenvalue weighted by Gasteiger charge is 2.34. The summed E-state index contributed by atoms with van der Waals surface area (Å²) in [5, 5.41) is 0. The van der Waals surface area contributed by atoms with Crippen LogP contribution in [0.15, 0.2) is 12.1 Å². The summed E-state index contributed by atoms with van der Waals surface area (Å²) in [5.74, 6) is 0.719. The minimum absolute atomic E-state index is 0.147. The smallest absolute Gasteiger partial charge is 0.164 e. The molecule has 0 aliphatic carbocycles. The second-order valence-electron chi connectivity index (χ2n) is 7.11. The number of hydrogen-bond donors (Lipinski definition) is 0. The third-order valence-electron chi connectivity index (χ3n) is 4.85. The second-order valence-corrected chi connectivity index (χ2v) is 7.11. The molecule has 0 fully saturated rings. The van der Waals surface area contributed by atoms with Crippen molar-refractivity contribution in [1.29, 1.82) is 0 Å². The maximum absolute atomic E-state index is 12.5. The summed E-state index contributed by atoms with van der Waals surface area (Å²) in [6, 6.07) is 4.48. The first kappa shape index (κ1) is 16.1. The van der Waals surface area contributed by atoms with Crippen LogP contribution in [0, 0.1) is 0 Å². The van der Waals surface area contributed by atoms with E-state index in [-0.39, 0.29) is 11.2 Å². The van der Waals surface area contributed by atoms with Crippen LogP contribution in [-0.4, -0.2) is 18.9 Å². The lowest BCUT2D eigenvalue weighted by Crippen LogP contribution is -2.38. The molecule has 1 aromatic carbocycles. The monoisotopic (exact) mass is 287 g/mol. The third-order valence-corrected chi connectivity index (χ3v) is 4.85. The maximum atomic E-state index is 12.5. The Morgan fingerprint density at radius 2 is 1.95 bits per heavy atom. The summed E-state index contributed by atoms with van der Waals surface area (Å²) < 4.78 is 0. The number of hydrogen-bond acceptors (Lipinski definition) is 2. The molecule has 1 heterocycles. The summed E-state index contributed by atoms with van der Waals surface area (Å²) in [7, 11) is 0. The number of rotatable bonds is 4. The zero-order chi connectivity index (χ0) is 15.8. The molecule has 0 saturated carbocycles. The highest BCUT2D eigenvalue weighted by Crippen LogP contribution is 2.43. The number of benzene rings is 1.